The van der Waals surface area contributed by atoms with Gasteiger partial charge in [0.15, 0.2) is 0 Å². The standard InChI is InChI=1S/C12H28N2/c1-10(2)11(3)14(7)13-9-8-12(4,5)6/h10-11,13H,8-9H2,1-7H3. The Labute approximate surface area is 90.0 Å². The maximum atomic E-state index is 3.45. The highest BCUT2D eigenvalue weighted by molar-refractivity contribution is 4.66. The molecule has 0 aliphatic heterocycles. The molecule has 0 saturated carbocycles. The molecule has 0 bridgehead atoms. The van der Waals surface area contributed by atoms with Gasteiger partial charge >= 0.3 is 0 Å². The quantitative estimate of drug-likeness (QED) is 0.687. The van der Waals surface area contributed by atoms with Crippen LogP contribution in [-0.2, 0) is 0 Å². The van der Waals surface area contributed by atoms with Gasteiger partial charge in [0, 0.05) is 19.6 Å². The molecule has 0 saturated heterocycles. The van der Waals surface area contributed by atoms with E-state index in [1.807, 2.05) is 0 Å². The molecule has 14 heavy (non-hydrogen) atoms. The first-order valence-electron chi connectivity index (χ1n) is 5.70. The highest BCUT2D eigenvalue weighted by atomic mass is 15.5. The van der Waals surface area contributed by atoms with Crippen molar-refractivity contribution < 1.29 is 0 Å². The zero-order valence-electron chi connectivity index (χ0n) is 11.0. The van der Waals surface area contributed by atoms with Crippen molar-refractivity contribution in [3.63, 3.8) is 0 Å². The third kappa shape index (κ3) is 6.39. The van der Waals surface area contributed by atoms with E-state index >= 15 is 0 Å². The molecular formula is C12H28N2. The maximum absolute atomic E-state index is 3.45. The van der Waals surface area contributed by atoms with Gasteiger partial charge in [0.25, 0.3) is 0 Å². The van der Waals surface area contributed by atoms with Gasteiger partial charge in [-0.2, -0.15) is 0 Å². The minimum Gasteiger partial charge on any atom is -0.255 e. The van der Waals surface area contributed by atoms with Crippen LogP contribution in [0.1, 0.15) is 48.0 Å². The van der Waals surface area contributed by atoms with Crippen LogP contribution < -0.4 is 5.43 Å². The van der Waals surface area contributed by atoms with E-state index in [1.54, 1.807) is 0 Å². The first-order valence-corrected chi connectivity index (χ1v) is 5.70. The summed E-state index contributed by atoms with van der Waals surface area (Å²) in [6, 6.07) is 0.593. The Morgan fingerprint density at radius 1 is 1.14 bits per heavy atom. The summed E-state index contributed by atoms with van der Waals surface area (Å²) in [5.74, 6) is 0.696. The number of nitrogens with one attached hydrogen (secondary N) is 1. The summed E-state index contributed by atoms with van der Waals surface area (Å²) in [5, 5.41) is 2.23. The van der Waals surface area contributed by atoms with Crippen LogP contribution in [-0.4, -0.2) is 24.6 Å². The second kappa shape index (κ2) is 5.72. The van der Waals surface area contributed by atoms with Gasteiger partial charge in [0.1, 0.15) is 0 Å². The molecular weight excluding hydrogens is 172 g/mol. The second-order valence-electron chi connectivity index (χ2n) is 5.81. The molecule has 0 aromatic heterocycles. The molecule has 0 aliphatic carbocycles. The molecule has 0 spiro atoms. The fourth-order valence-corrected chi connectivity index (χ4v) is 1.20. The Balaban J connectivity index is 3.69. The Hall–Kier alpha value is -0.0800. The normalized spacial score (nSPS) is 15.2. The van der Waals surface area contributed by atoms with Crippen molar-refractivity contribution in [1.82, 2.24) is 10.4 Å². The lowest BCUT2D eigenvalue weighted by atomic mass is 9.92. The zero-order chi connectivity index (χ0) is 11.4. The molecule has 0 aliphatic rings. The van der Waals surface area contributed by atoms with Crippen molar-refractivity contribution in [2.45, 2.75) is 54.0 Å². The van der Waals surface area contributed by atoms with E-state index in [0.717, 1.165) is 6.54 Å². The van der Waals surface area contributed by atoms with E-state index in [9.17, 15) is 0 Å². The predicted octanol–water partition coefficient (Wildman–Crippen LogP) is 2.90. The Kier molecular flexibility index (Phi) is 5.68. The SMILES string of the molecule is CC(C)C(C)N(C)NCCC(C)(C)C. The van der Waals surface area contributed by atoms with Gasteiger partial charge in [-0.05, 0) is 24.7 Å². The molecule has 0 aromatic rings. The van der Waals surface area contributed by atoms with Crippen LogP contribution in [0.4, 0.5) is 0 Å². The van der Waals surface area contributed by atoms with Crippen molar-refractivity contribution in [2.75, 3.05) is 13.6 Å². The third-order valence-corrected chi connectivity index (χ3v) is 2.81. The topological polar surface area (TPSA) is 15.3 Å². The van der Waals surface area contributed by atoms with Gasteiger partial charge in [0.2, 0.25) is 0 Å². The van der Waals surface area contributed by atoms with E-state index in [0.29, 0.717) is 17.4 Å². The minimum atomic E-state index is 0.426. The van der Waals surface area contributed by atoms with Crippen molar-refractivity contribution in [1.29, 1.82) is 0 Å². The molecule has 2 heteroatoms. The first-order chi connectivity index (χ1) is 6.24. The average Bonchev–Trinajstić information content (AvgIpc) is 2.00. The number of nitrogens with zero attached hydrogens (tertiary/aromatic N) is 1. The van der Waals surface area contributed by atoms with Crippen molar-refractivity contribution in [2.24, 2.45) is 11.3 Å². The minimum absolute atomic E-state index is 0.426. The number of hydrazine groups is 1. The molecule has 0 heterocycles. The molecule has 2 nitrogen and oxygen atoms in total. The lowest BCUT2D eigenvalue weighted by Crippen LogP contribution is -2.44. The van der Waals surface area contributed by atoms with Crippen LogP contribution in [0.2, 0.25) is 0 Å². The molecule has 86 valence electrons. The zero-order valence-corrected chi connectivity index (χ0v) is 11.0. The van der Waals surface area contributed by atoms with Crippen LogP contribution in [0.5, 0.6) is 0 Å². The Morgan fingerprint density at radius 3 is 2.00 bits per heavy atom. The van der Waals surface area contributed by atoms with E-state index in [2.05, 4.69) is 59.0 Å². The van der Waals surface area contributed by atoms with Crippen LogP contribution in [0.25, 0.3) is 0 Å². The van der Waals surface area contributed by atoms with Crippen LogP contribution >= 0.6 is 0 Å². The highest BCUT2D eigenvalue weighted by Gasteiger charge is 2.14. The Morgan fingerprint density at radius 2 is 1.64 bits per heavy atom. The molecule has 0 radical (unpaired) electrons. The summed E-state index contributed by atoms with van der Waals surface area (Å²) >= 11 is 0. The van der Waals surface area contributed by atoms with Gasteiger partial charge in [-0.1, -0.05) is 34.6 Å². The monoisotopic (exact) mass is 200 g/mol. The van der Waals surface area contributed by atoms with Gasteiger partial charge in [-0.15, -0.1) is 0 Å². The molecule has 1 atom stereocenters. The van der Waals surface area contributed by atoms with Crippen LogP contribution in [0.15, 0.2) is 0 Å². The molecule has 0 fully saturated rings. The van der Waals surface area contributed by atoms with Crippen molar-refractivity contribution in [3.05, 3.63) is 0 Å². The van der Waals surface area contributed by atoms with Crippen molar-refractivity contribution in [3.8, 4) is 0 Å². The lowest BCUT2D eigenvalue weighted by Gasteiger charge is -2.29. The molecule has 1 N–H and O–H groups in total. The van der Waals surface area contributed by atoms with Crippen LogP contribution in [0.3, 0.4) is 0 Å². The van der Waals surface area contributed by atoms with Crippen LogP contribution in [0, 0.1) is 11.3 Å². The maximum Gasteiger partial charge on any atom is 0.0235 e. The second-order valence-corrected chi connectivity index (χ2v) is 5.81. The average molecular weight is 200 g/mol. The summed E-state index contributed by atoms with van der Waals surface area (Å²) in [6.45, 7) is 14.7. The van der Waals surface area contributed by atoms with E-state index in [1.165, 1.54) is 6.42 Å². The first kappa shape index (κ1) is 13.9. The fourth-order valence-electron chi connectivity index (χ4n) is 1.20. The summed E-state index contributed by atoms with van der Waals surface area (Å²) in [7, 11) is 2.13. The van der Waals surface area contributed by atoms with Gasteiger partial charge < -0.3 is 0 Å². The third-order valence-electron chi connectivity index (χ3n) is 2.81. The summed E-state index contributed by atoms with van der Waals surface area (Å²) in [5.41, 5.74) is 3.88. The number of rotatable bonds is 5. The molecule has 0 rings (SSSR count). The van der Waals surface area contributed by atoms with E-state index in [4.69, 9.17) is 0 Å². The predicted molar refractivity (Wildman–Crippen MR) is 64.1 cm³/mol. The Bertz CT molecular complexity index is 147. The summed E-state index contributed by atoms with van der Waals surface area (Å²) < 4.78 is 0. The van der Waals surface area contributed by atoms with Gasteiger partial charge in [-0.3, -0.25) is 5.43 Å². The van der Waals surface area contributed by atoms with Crippen molar-refractivity contribution >= 4 is 0 Å². The van der Waals surface area contributed by atoms with E-state index < -0.39 is 0 Å². The molecule has 0 amide bonds. The number of hydrogen-bond donors (Lipinski definition) is 1. The smallest absolute Gasteiger partial charge is 0.0235 e. The molecule has 0 aromatic carbocycles. The largest absolute Gasteiger partial charge is 0.255 e. The molecule has 1 unspecified atom stereocenters. The van der Waals surface area contributed by atoms with Gasteiger partial charge in [-0.25, -0.2) is 5.01 Å². The summed E-state index contributed by atoms with van der Waals surface area (Å²) in [6.07, 6.45) is 1.21. The fraction of sp³-hybridized carbons (Fsp3) is 1.00. The summed E-state index contributed by atoms with van der Waals surface area (Å²) in [4.78, 5) is 0. The van der Waals surface area contributed by atoms with E-state index in [-0.39, 0.29) is 0 Å². The van der Waals surface area contributed by atoms with Gasteiger partial charge in [0.05, 0.1) is 0 Å². The highest BCUT2D eigenvalue weighted by Crippen LogP contribution is 2.17. The number of hydrogen-bond acceptors (Lipinski definition) is 2. The lowest BCUT2D eigenvalue weighted by molar-refractivity contribution is 0.132.